The Morgan fingerprint density at radius 3 is 2.36 bits per heavy atom. The molecule has 1 unspecified atom stereocenters. The van der Waals surface area contributed by atoms with Gasteiger partial charge in [0.05, 0.1) is 0 Å². The molecule has 2 aliphatic heterocycles. The van der Waals surface area contributed by atoms with Gasteiger partial charge in [0.2, 0.25) is 5.91 Å². The van der Waals surface area contributed by atoms with Gasteiger partial charge in [0.15, 0.2) is 0 Å². The van der Waals surface area contributed by atoms with E-state index in [1.54, 1.807) is 0 Å². The summed E-state index contributed by atoms with van der Waals surface area (Å²) >= 11 is 0. The van der Waals surface area contributed by atoms with E-state index in [0.717, 1.165) is 65.3 Å². The first-order valence-corrected chi connectivity index (χ1v) is 9.75. The summed E-state index contributed by atoms with van der Waals surface area (Å²) in [5.41, 5.74) is 1.39. The Balaban J connectivity index is 0.00000243. The van der Waals surface area contributed by atoms with Gasteiger partial charge < -0.3 is 10.6 Å². The van der Waals surface area contributed by atoms with Crippen LogP contribution in [0.5, 0.6) is 0 Å². The topological polar surface area (TPSA) is 47.6 Å². The van der Waals surface area contributed by atoms with Crippen LogP contribution in [-0.2, 0) is 11.3 Å². The summed E-state index contributed by atoms with van der Waals surface area (Å²) in [6.45, 7) is 9.39. The van der Waals surface area contributed by atoms with Crippen molar-refractivity contribution in [3.05, 3.63) is 35.9 Å². The molecular weight excluding hydrogens is 419 g/mol. The fourth-order valence-corrected chi connectivity index (χ4v) is 3.75. The molecule has 1 aromatic rings. The first-order chi connectivity index (χ1) is 12.3. The molecule has 162 valence electrons. The summed E-state index contributed by atoms with van der Waals surface area (Å²) in [4.78, 5) is 16.9. The number of nitrogens with one attached hydrogen (secondary N) is 2. The minimum absolute atomic E-state index is 0. The Labute approximate surface area is 188 Å². The molecule has 0 spiro atoms. The molecule has 0 radical (unpaired) electrons. The van der Waals surface area contributed by atoms with Crippen molar-refractivity contribution < 1.29 is 4.79 Å². The van der Waals surface area contributed by atoms with Crippen molar-refractivity contribution in [1.82, 2.24) is 20.4 Å². The van der Waals surface area contributed by atoms with E-state index in [4.69, 9.17) is 0 Å². The van der Waals surface area contributed by atoms with Crippen molar-refractivity contribution in [1.29, 1.82) is 0 Å². The maximum Gasteiger partial charge on any atom is 0.220 e. The molecule has 8 heteroatoms. The van der Waals surface area contributed by atoms with E-state index < -0.39 is 0 Å². The summed E-state index contributed by atoms with van der Waals surface area (Å²) in [6.07, 6.45) is 2.93. The molecule has 2 fully saturated rings. The number of rotatable bonds is 8. The van der Waals surface area contributed by atoms with Gasteiger partial charge in [0, 0.05) is 52.2 Å². The average molecular weight is 454 g/mol. The normalized spacial score (nSPS) is 19.8. The van der Waals surface area contributed by atoms with Crippen LogP contribution in [0.1, 0.15) is 24.8 Å². The lowest BCUT2D eigenvalue weighted by atomic mass is 10.0. The molecule has 0 bridgehead atoms. The second kappa shape index (κ2) is 15.3. The van der Waals surface area contributed by atoms with Crippen LogP contribution in [0.3, 0.4) is 0 Å². The average Bonchev–Trinajstić information content (AvgIpc) is 3.16. The molecule has 5 nitrogen and oxygen atoms in total. The van der Waals surface area contributed by atoms with Gasteiger partial charge >= 0.3 is 0 Å². The molecule has 1 aromatic carbocycles. The van der Waals surface area contributed by atoms with Gasteiger partial charge in [-0.3, -0.25) is 14.6 Å². The minimum atomic E-state index is 0. The van der Waals surface area contributed by atoms with Gasteiger partial charge in [-0.1, -0.05) is 30.3 Å². The summed E-state index contributed by atoms with van der Waals surface area (Å²) < 4.78 is 0. The lowest BCUT2D eigenvalue weighted by molar-refractivity contribution is -0.121. The number of hydrogen-bond acceptors (Lipinski definition) is 4. The molecule has 2 saturated heterocycles. The Hall–Kier alpha value is -0.560. The number of benzene rings is 1. The van der Waals surface area contributed by atoms with E-state index in [9.17, 15) is 4.79 Å². The Kier molecular flexibility index (Phi) is 15.0. The number of halogens is 3. The van der Waals surface area contributed by atoms with Crippen LogP contribution in [0.15, 0.2) is 30.3 Å². The van der Waals surface area contributed by atoms with Crippen LogP contribution >= 0.6 is 37.2 Å². The molecule has 0 aromatic heterocycles. The van der Waals surface area contributed by atoms with Crippen molar-refractivity contribution in [3.63, 3.8) is 0 Å². The van der Waals surface area contributed by atoms with Gasteiger partial charge in [0.1, 0.15) is 0 Å². The highest BCUT2D eigenvalue weighted by molar-refractivity contribution is 5.86. The number of amides is 1. The molecular formula is C20H35Cl3N4O. The van der Waals surface area contributed by atoms with E-state index in [-0.39, 0.29) is 43.1 Å². The molecule has 2 aliphatic rings. The van der Waals surface area contributed by atoms with Gasteiger partial charge in [-0.15, -0.1) is 37.2 Å². The highest BCUT2D eigenvalue weighted by Gasteiger charge is 2.18. The Morgan fingerprint density at radius 1 is 1.04 bits per heavy atom. The van der Waals surface area contributed by atoms with Crippen LogP contribution in [0.25, 0.3) is 0 Å². The van der Waals surface area contributed by atoms with E-state index in [2.05, 4.69) is 50.8 Å². The molecule has 1 atom stereocenters. The fraction of sp³-hybridized carbons (Fsp3) is 0.650. The monoisotopic (exact) mass is 452 g/mol. The Bertz CT molecular complexity index is 521. The summed E-state index contributed by atoms with van der Waals surface area (Å²) in [6, 6.07) is 10.7. The zero-order chi connectivity index (χ0) is 17.3. The third kappa shape index (κ3) is 9.77. The van der Waals surface area contributed by atoms with E-state index in [1.807, 2.05) is 0 Å². The largest absolute Gasteiger partial charge is 0.355 e. The number of carbonyl (C=O) groups excluding carboxylic acids is 1. The van der Waals surface area contributed by atoms with E-state index in [1.165, 1.54) is 12.0 Å². The predicted octanol–water partition coefficient (Wildman–Crippen LogP) is 2.58. The van der Waals surface area contributed by atoms with Crippen LogP contribution < -0.4 is 10.6 Å². The fourth-order valence-electron chi connectivity index (χ4n) is 3.75. The van der Waals surface area contributed by atoms with Crippen LogP contribution in [0.2, 0.25) is 0 Å². The molecule has 2 heterocycles. The third-order valence-electron chi connectivity index (χ3n) is 5.41. The highest BCUT2D eigenvalue weighted by atomic mass is 35.5. The van der Waals surface area contributed by atoms with Crippen LogP contribution in [-0.4, -0.2) is 68.1 Å². The number of piperazine rings is 1. The van der Waals surface area contributed by atoms with Gasteiger partial charge in [-0.05, 0) is 37.4 Å². The molecule has 3 rings (SSSR count). The standard InChI is InChI=1S/C20H32N4O.3ClH/c25-20(7-6-18-8-9-21-16-18)22-10-11-23-12-14-24(15-13-23)17-19-4-2-1-3-5-19;;;/h1-5,18,21H,6-17H2,(H,22,25);3*1H. The first kappa shape index (κ1) is 27.4. The summed E-state index contributed by atoms with van der Waals surface area (Å²) in [5.74, 6) is 0.915. The number of carbonyl (C=O) groups is 1. The maximum atomic E-state index is 11.9. The van der Waals surface area contributed by atoms with Crippen LogP contribution in [0.4, 0.5) is 0 Å². The smallest absolute Gasteiger partial charge is 0.220 e. The lowest BCUT2D eigenvalue weighted by Crippen LogP contribution is -2.48. The molecule has 1 amide bonds. The number of nitrogens with zero attached hydrogens (tertiary/aromatic N) is 2. The van der Waals surface area contributed by atoms with Crippen molar-refractivity contribution in [2.24, 2.45) is 5.92 Å². The Morgan fingerprint density at radius 2 is 1.71 bits per heavy atom. The molecule has 28 heavy (non-hydrogen) atoms. The van der Waals surface area contributed by atoms with E-state index in [0.29, 0.717) is 12.3 Å². The van der Waals surface area contributed by atoms with Crippen molar-refractivity contribution in [2.75, 3.05) is 52.4 Å². The second-order valence-corrected chi connectivity index (χ2v) is 7.35. The van der Waals surface area contributed by atoms with Crippen LogP contribution in [0, 0.1) is 5.92 Å². The van der Waals surface area contributed by atoms with Crippen molar-refractivity contribution in [2.45, 2.75) is 25.8 Å². The summed E-state index contributed by atoms with van der Waals surface area (Å²) in [5, 5.41) is 6.45. The first-order valence-electron chi connectivity index (χ1n) is 9.75. The molecule has 0 saturated carbocycles. The lowest BCUT2D eigenvalue weighted by Gasteiger charge is -2.34. The molecule has 2 N–H and O–H groups in total. The highest BCUT2D eigenvalue weighted by Crippen LogP contribution is 2.14. The van der Waals surface area contributed by atoms with E-state index >= 15 is 0 Å². The van der Waals surface area contributed by atoms with Crippen molar-refractivity contribution >= 4 is 43.1 Å². The quantitative estimate of drug-likeness (QED) is 0.635. The molecule has 0 aliphatic carbocycles. The number of hydrogen-bond donors (Lipinski definition) is 2. The summed E-state index contributed by atoms with van der Waals surface area (Å²) in [7, 11) is 0. The van der Waals surface area contributed by atoms with Gasteiger partial charge in [-0.25, -0.2) is 0 Å². The second-order valence-electron chi connectivity index (χ2n) is 7.35. The third-order valence-corrected chi connectivity index (χ3v) is 5.41. The van der Waals surface area contributed by atoms with Gasteiger partial charge in [0.25, 0.3) is 0 Å². The SMILES string of the molecule is Cl.Cl.Cl.O=C(CCC1CCNC1)NCCN1CCN(Cc2ccccc2)CC1. The minimum Gasteiger partial charge on any atom is -0.355 e. The maximum absolute atomic E-state index is 11.9. The zero-order valence-corrected chi connectivity index (χ0v) is 18.9. The predicted molar refractivity (Wildman–Crippen MR) is 123 cm³/mol. The van der Waals surface area contributed by atoms with Gasteiger partial charge in [-0.2, -0.15) is 0 Å². The van der Waals surface area contributed by atoms with Crippen molar-refractivity contribution in [3.8, 4) is 0 Å². The zero-order valence-electron chi connectivity index (χ0n) is 16.5.